The molecule has 1 N–H and O–H groups in total. The lowest BCUT2D eigenvalue weighted by atomic mass is 9.85. The summed E-state index contributed by atoms with van der Waals surface area (Å²) in [7, 11) is -1.09. The number of nitrogens with one attached hydrogen (secondary N) is 1. The van der Waals surface area contributed by atoms with E-state index >= 15 is 0 Å². The van der Waals surface area contributed by atoms with Gasteiger partial charge in [0.05, 0.1) is 30.1 Å². The van der Waals surface area contributed by atoms with Gasteiger partial charge in [-0.15, -0.1) is 0 Å². The van der Waals surface area contributed by atoms with Crippen LogP contribution in [0.25, 0.3) is 22.0 Å². The molecule has 0 saturated heterocycles. The first-order chi connectivity index (χ1) is 19.7. The second kappa shape index (κ2) is 13.0. The lowest BCUT2D eigenvalue weighted by Crippen LogP contribution is -2.51. The summed E-state index contributed by atoms with van der Waals surface area (Å²) < 4.78 is 25.2. The number of ether oxygens (including phenoxy) is 3. The highest BCUT2D eigenvalue weighted by Crippen LogP contribution is 2.31. The maximum atomic E-state index is 12.8. The Bertz CT molecular complexity index is 1430. The standard InChI is InChI=1S/C32H47N4O6Si/c1-20-24-16-21(13-14-25(24)36(35-20)29(38)41-32(8,9)10)22-15-23(18-33-17-22)39-26(19-34-28(37)40-31(5,6)7)27(30(2,3)4)42-43(11)12/h13-18,26-27H,19H2,1-12H3,(H,34,37). The summed E-state index contributed by atoms with van der Waals surface area (Å²) in [5, 5.41) is 8.12. The second-order valence-electron chi connectivity index (χ2n) is 14.0. The molecule has 3 rings (SSSR count). The van der Waals surface area contributed by atoms with Crippen LogP contribution in [0.2, 0.25) is 13.1 Å². The van der Waals surface area contributed by atoms with E-state index in [9.17, 15) is 9.59 Å². The summed E-state index contributed by atoms with van der Waals surface area (Å²) in [5.74, 6) is 0.536. The van der Waals surface area contributed by atoms with Crippen molar-refractivity contribution < 1.29 is 28.2 Å². The van der Waals surface area contributed by atoms with Crippen LogP contribution >= 0.6 is 0 Å². The van der Waals surface area contributed by atoms with E-state index < -0.39 is 38.5 Å². The van der Waals surface area contributed by atoms with Crippen LogP contribution in [-0.2, 0) is 13.9 Å². The van der Waals surface area contributed by atoms with Crippen LogP contribution in [0.5, 0.6) is 5.75 Å². The van der Waals surface area contributed by atoms with Crippen molar-refractivity contribution in [1.82, 2.24) is 20.1 Å². The molecule has 1 aromatic carbocycles. The van der Waals surface area contributed by atoms with Gasteiger partial charge < -0.3 is 24.0 Å². The third-order valence-electron chi connectivity index (χ3n) is 6.17. The smallest absolute Gasteiger partial charge is 0.435 e. The fourth-order valence-corrected chi connectivity index (χ4v) is 5.49. The minimum Gasteiger partial charge on any atom is -0.484 e. The van der Waals surface area contributed by atoms with Crippen LogP contribution < -0.4 is 10.1 Å². The first-order valence-electron chi connectivity index (χ1n) is 14.5. The van der Waals surface area contributed by atoms with Crippen molar-refractivity contribution in [2.45, 2.75) is 106 Å². The highest BCUT2D eigenvalue weighted by Gasteiger charge is 2.36. The molecule has 3 aromatic rings. The highest BCUT2D eigenvalue weighted by atomic mass is 28.3. The minimum absolute atomic E-state index is 0.186. The molecule has 0 aliphatic carbocycles. The van der Waals surface area contributed by atoms with Crippen molar-refractivity contribution in [2.75, 3.05) is 6.54 Å². The van der Waals surface area contributed by atoms with Crippen molar-refractivity contribution in [3.8, 4) is 16.9 Å². The Kier molecular flexibility index (Phi) is 10.3. The average Bonchev–Trinajstić information content (AvgIpc) is 3.18. The lowest BCUT2D eigenvalue weighted by Gasteiger charge is -2.38. The molecule has 10 nitrogen and oxygen atoms in total. The molecule has 43 heavy (non-hydrogen) atoms. The molecule has 235 valence electrons. The number of alkyl carbamates (subject to hydrolysis) is 1. The molecule has 0 saturated carbocycles. The number of pyridine rings is 1. The van der Waals surface area contributed by atoms with Crippen molar-refractivity contribution in [2.24, 2.45) is 5.41 Å². The molecule has 0 fully saturated rings. The van der Waals surface area contributed by atoms with E-state index in [0.717, 1.165) is 16.5 Å². The number of aromatic nitrogens is 3. The van der Waals surface area contributed by atoms with Gasteiger partial charge in [-0.2, -0.15) is 9.78 Å². The number of aryl methyl sites for hydroxylation is 1. The monoisotopic (exact) mass is 611 g/mol. The first kappa shape index (κ1) is 34.1. The summed E-state index contributed by atoms with van der Waals surface area (Å²) in [6.07, 6.45) is 1.54. The van der Waals surface area contributed by atoms with E-state index in [4.69, 9.17) is 18.6 Å². The van der Waals surface area contributed by atoms with Crippen LogP contribution in [-0.4, -0.2) is 65.9 Å². The number of hydrogen-bond donors (Lipinski definition) is 1. The molecule has 2 heterocycles. The first-order valence-corrected chi connectivity index (χ1v) is 16.9. The van der Waals surface area contributed by atoms with Crippen molar-refractivity contribution >= 4 is 32.1 Å². The Labute approximate surface area is 257 Å². The van der Waals surface area contributed by atoms with E-state index in [1.54, 1.807) is 12.4 Å². The van der Waals surface area contributed by atoms with Gasteiger partial charge >= 0.3 is 12.2 Å². The van der Waals surface area contributed by atoms with Gasteiger partial charge in [-0.25, -0.2) is 9.59 Å². The fourth-order valence-electron chi connectivity index (χ4n) is 4.48. The molecular weight excluding hydrogens is 564 g/mol. The number of nitrogens with zero attached hydrogens (tertiary/aromatic N) is 3. The fraction of sp³-hybridized carbons (Fsp3) is 0.562. The predicted octanol–water partition coefficient (Wildman–Crippen LogP) is 7.14. The maximum Gasteiger partial charge on any atom is 0.435 e. The molecule has 0 aliphatic rings. The number of hydrogen-bond acceptors (Lipinski definition) is 8. The summed E-state index contributed by atoms with van der Waals surface area (Å²) in [6.45, 7) is 23.4. The summed E-state index contributed by atoms with van der Waals surface area (Å²) in [4.78, 5) is 29.7. The molecule has 2 atom stereocenters. The van der Waals surface area contributed by atoms with Gasteiger partial charge in [0.1, 0.15) is 23.1 Å². The van der Waals surface area contributed by atoms with Gasteiger partial charge in [-0.3, -0.25) is 4.98 Å². The number of benzene rings is 1. The van der Waals surface area contributed by atoms with E-state index in [1.165, 1.54) is 4.68 Å². The molecule has 1 amide bonds. The zero-order chi connectivity index (χ0) is 32.3. The number of fused-ring (bicyclic) bond motifs is 1. The quantitative estimate of drug-likeness (QED) is 0.267. The zero-order valence-corrected chi connectivity index (χ0v) is 28.6. The van der Waals surface area contributed by atoms with Gasteiger partial charge in [0.15, 0.2) is 0 Å². The van der Waals surface area contributed by atoms with Crippen molar-refractivity contribution in [3.63, 3.8) is 0 Å². The Balaban J connectivity index is 1.93. The second-order valence-corrected chi connectivity index (χ2v) is 16.0. The Morgan fingerprint density at radius 3 is 2.16 bits per heavy atom. The number of amides is 1. The molecular formula is C32H47N4O6Si. The van der Waals surface area contributed by atoms with E-state index in [2.05, 4.69) is 49.3 Å². The molecule has 0 bridgehead atoms. The summed E-state index contributed by atoms with van der Waals surface area (Å²) in [5.41, 5.74) is 1.55. The molecule has 2 aromatic heterocycles. The number of carbonyl (C=O) groups excluding carboxylic acids is 2. The van der Waals surface area contributed by atoms with E-state index in [0.29, 0.717) is 17.0 Å². The zero-order valence-electron chi connectivity index (χ0n) is 27.6. The van der Waals surface area contributed by atoms with Gasteiger partial charge in [-0.05, 0) is 90.7 Å². The maximum absolute atomic E-state index is 12.8. The average molecular weight is 612 g/mol. The van der Waals surface area contributed by atoms with Gasteiger partial charge in [-0.1, -0.05) is 26.8 Å². The third kappa shape index (κ3) is 9.79. The Morgan fingerprint density at radius 2 is 1.58 bits per heavy atom. The Hall–Kier alpha value is -3.44. The number of rotatable bonds is 8. The Morgan fingerprint density at radius 1 is 0.930 bits per heavy atom. The van der Waals surface area contributed by atoms with E-state index in [1.807, 2.05) is 72.7 Å². The summed E-state index contributed by atoms with van der Waals surface area (Å²) >= 11 is 0. The largest absolute Gasteiger partial charge is 0.484 e. The molecule has 11 heteroatoms. The van der Waals surface area contributed by atoms with Crippen molar-refractivity contribution in [1.29, 1.82) is 0 Å². The van der Waals surface area contributed by atoms with Crippen LogP contribution in [0.15, 0.2) is 36.7 Å². The van der Waals surface area contributed by atoms with Crippen molar-refractivity contribution in [3.05, 3.63) is 42.4 Å². The predicted molar refractivity (Wildman–Crippen MR) is 170 cm³/mol. The topological polar surface area (TPSA) is 114 Å². The molecule has 0 spiro atoms. The van der Waals surface area contributed by atoms with Crippen LogP contribution in [0, 0.1) is 12.3 Å². The SMILES string of the molecule is Cc1nn(C(=O)OC(C)(C)C)c2ccc(-c3cncc(OC(CNC(=O)OC(C)(C)C)C(O[Si](C)C)C(C)(C)C)c3)cc12. The van der Waals surface area contributed by atoms with Crippen LogP contribution in [0.4, 0.5) is 9.59 Å². The molecule has 0 aliphatic heterocycles. The number of carbonyl (C=O) groups is 2. The summed E-state index contributed by atoms with van der Waals surface area (Å²) in [6, 6.07) is 7.65. The van der Waals surface area contributed by atoms with Gasteiger partial charge in [0.25, 0.3) is 0 Å². The lowest BCUT2D eigenvalue weighted by molar-refractivity contribution is -0.0162. The van der Waals surface area contributed by atoms with E-state index in [-0.39, 0.29) is 18.1 Å². The van der Waals surface area contributed by atoms with Crippen LogP contribution in [0.1, 0.15) is 68.0 Å². The van der Waals surface area contributed by atoms with Gasteiger partial charge in [0.2, 0.25) is 9.04 Å². The van der Waals surface area contributed by atoms with Gasteiger partial charge in [0, 0.05) is 17.1 Å². The molecule has 1 radical (unpaired) electrons. The normalized spacial score (nSPS) is 14.0. The van der Waals surface area contributed by atoms with Crippen LogP contribution in [0.3, 0.4) is 0 Å². The molecule has 2 unspecified atom stereocenters. The highest BCUT2D eigenvalue weighted by molar-refractivity contribution is 6.48. The minimum atomic E-state index is -1.09. The third-order valence-corrected chi connectivity index (χ3v) is 6.89.